The van der Waals surface area contributed by atoms with Gasteiger partial charge in [0.25, 0.3) is 0 Å². The normalized spacial score (nSPS) is 19.4. The first kappa shape index (κ1) is 25.7. The molecule has 186 valence electrons. The van der Waals surface area contributed by atoms with Crippen molar-refractivity contribution in [3.05, 3.63) is 121 Å². The largest absolute Gasteiger partial charge is 0.299 e. The van der Waals surface area contributed by atoms with Crippen molar-refractivity contribution in [1.29, 1.82) is 0 Å². The maximum absolute atomic E-state index is 13.6. The lowest BCUT2D eigenvalue weighted by Gasteiger charge is -2.37. The summed E-state index contributed by atoms with van der Waals surface area (Å²) in [5.74, 6) is -0.340. The van der Waals surface area contributed by atoms with Crippen LogP contribution in [0.4, 0.5) is 0 Å². The van der Waals surface area contributed by atoms with Crippen LogP contribution in [0.5, 0.6) is 0 Å². The van der Waals surface area contributed by atoms with Crippen LogP contribution in [0.15, 0.2) is 121 Å². The maximum Gasteiger partial charge on any atom is 0.144 e. The highest BCUT2D eigenvalue weighted by Gasteiger charge is 2.50. The van der Waals surface area contributed by atoms with Crippen LogP contribution < -0.4 is 21.2 Å². The molecule has 0 spiro atoms. The number of carbonyl (C=O) groups is 2. The molecule has 0 unspecified atom stereocenters. The van der Waals surface area contributed by atoms with Crippen molar-refractivity contribution >= 4 is 48.6 Å². The Morgan fingerprint density at radius 3 is 0.973 bits per heavy atom. The molecule has 0 heterocycles. The molecule has 0 saturated heterocycles. The summed E-state index contributed by atoms with van der Waals surface area (Å²) < 4.78 is 0. The molecule has 1 saturated carbocycles. The number of hydrogen-bond acceptors (Lipinski definition) is 2. The van der Waals surface area contributed by atoms with E-state index >= 15 is 0 Å². The summed E-state index contributed by atoms with van der Waals surface area (Å²) in [4.78, 5) is 27.2. The van der Waals surface area contributed by atoms with E-state index in [1.165, 1.54) is 21.2 Å². The quantitative estimate of drug-likeness (QED) is 0.216. The van der Waals surface area contributed by atoms with Crippen molar-refractivity contribution in [3.8, 4) is 0 Å². The third-order valence-corrected chi connectivity index (χ3v) is 13.2. The van der Waals surface area contributed by atoms with E-state index in [4.69, 9.17) is 0 Å². The van der Waals surface area contributed by atoms with E-state index in [1.807, 2.05) is 24.3 Å². The molecule has 0 aromatic heterocycles. The maximum atomic E-state index is 13.6. The van der Waals surface area contributed by atoms with Gasteiger partial charge in [-0.1, -0.05) is 135 Å². The van der Waals surface area contributed by atoms with E-state index in [1.54, 1.807) is 0 Å². The second-order valence-corrected chi connectivity index (χ2v) is 14.9. The summed E-state index contributed by atoms with van der Waals surface area (Å²) in [5.41, 5.74) is 0.101. The lowest BCUT2D eigenvalue weighted by Crippen LogP contribution is -2.38. The molecule has 4 aromatic rings. The molecule has 0 radical (unpaired) electrons. The summed E-state index contributed by atoms with van der Waals surface area (Å²) in [7, 11) is -1.63. The van der Waals surface area contributed by atoms with Gasteiger partial charge in [0.05, 0.1) is 6.42 Å². The molecule has 1 aliphatic carbocycles. The Morgan fingerprint density at radius 1 is 0.486 bits per heavy atom. The van der Waals surface area contributed by atoms with Crippen molar-refractivity contribution in [2.24, 2.45) is 11.8 Å². The van der Waals surface area contributed by atoms with Crippen LogP contribution in [0.25, 0.3) is 0 Å². The first-order valence-corrected chi connectivity index (χ1v) is 15.7. The molecule has 5 rings (SSSR count). The van der Waals surface area contributed by atoms with Crippen molar-refractivity contribution in [1.82, 2.24) is 0 Å². The highest BCUT2D eigenvalue weighted by Crippen LogP contribution is 2.53. The molecule has 0 amide bonds. The molecule has 4 heteroatoms. The van der Waals surface area contributed by atoms with Crippen LogP contribution in [-0.4, -0.2) is 22.9 Å². The number of Topliss-reactive ketones (excluding diaryl/α,β-unsaturated/α-hetero) is 2. The zero-order valence-corrected chi connectivity index (χ0v) is 23.1. The van der Waals surface area contributed by atoms with Gasteiger partial charge >= 0.3 is 0 Å². The van der Waals surface area contributed by atoms with Crippen LogP contribution in [0, 0.1) is 11.8 Å². The average molecular weight is 523 g/mol. The van der Waals surface area contributed by atoms with Crippen molar-refractivity contribution < 1.29 is 9.59 Å². The minimum Gasteiger partial charge on any atom is -0.299 e. The van der Waals surface area contributed by atoms with Gasteiger partial charge in [0, 0.05) is 11.8 Å². The monoisotopic (exact) mass is 522 g/mol. The standard InChI is InChI=1S/C33H32O2P2/c1-24(36(26-15-7-3-8-16-26)27-17-9-4-10-18-27)32-30(34)23-31(35)33(32)25(2)37(28-19-11-5-12-20-28)29-21-13-6-14-22-29/h3-22,24-25,32-33H,23H2,1-2H3/t24-,25-,32+,33+/m1/s1. The van der Waals surface area contributed by atoms with Gasteiger partial charge in [-0.25, -0.2) is 0 Å². The Bertz CT molecular complexity index is 1140. The molecule has 2 nitrogen and oxygen atoms in total. The van der Waals surface area contributed by atoms with Crippen LogP contribution >= 0.6 is 15.8 Å². The van der Waals surface area contributed by atoms with Gasteiger partial charge in [0.2, 0.25) is 0 Å². The van der Waals surface area contributed by atoms with Crippen LogP contribution in [-0.2, 0) is 9.59 Å². The van der Waals surface area contributed by atoms with Gasteiger partial charge in [-0.05, 0) is 48.4 Å². The molecule has 37 heavy (non-hydrogen) atoms. The zero-order chi connectivity index (χ0) is 25.8. The van der Waals surface area contributed by atoms with E-state index in [0.29, 0.717) is 0 Å². The number of rotatable bonds is 8. The third kappa shape index (κ3) is 5.38. The van der Waals surface area contributed by atoms with E-state index in [9.17, 15) is 9.59 Å². The Kier molecular flexibility index (Phi) is 8.09. The molecule has 4 atom stereocenters. The topological polar surface area (TPSA) is 34.1 Å². The van der Waals surface area contributed by atoms with Crippen molar-refractivity contribution in [2.75, 3.05) is 0 Å². The lowest BCUT2D eigenvalue weighted by atomic mass is 9.89. The molecular formula is C33H32O2P2. The second kappa shape index (κ2) is 11.6. The van der Waals surface area contributed by atoms with Gasteiger partial charge in [-0.3, -0.25) is 9.59 Å². The molecule has 0 N–H and O–H groups in total. The SMILES string of the molecule is C[C@H]([C@H]1C(=O)CC(=O)[C@@H]1[C@@H](C)P(c1ccccc1)c1ccccc1)P(c1ccccc1)c1ccccc1. The minimum atomic E-state index is -0.814. The van der Waals surface area contributed by atoms with Crippen LogP contribution in [0.3, 0.4) is 0 Å². The average Bonchev–Trinajstić information content (AvgIpc) is 3.24. The van der Waals surface area contributed by atoms with Gasteiger partial charge in [-0.15, -0.1) is 0 Å². The van der Waals surface area contributed by atoms with Gasteiger partial charge in [0.15, 0.2) is 0 Å². The van der Waals surface area contributed by atoms with Gasteiger partial charge < -0.3 is 0 Å². The number of hydrogen-bond donors (Lipinski definition) is 0. The van der Waals surface area contributed by atoms with Gasteiger partial charge in [0.1, 0.15) is 11.6 Å². The van der Waals surface area contributed by atoms with Crippen LogP contribution in [0.1, 0.15) is 20.3 Å². The fraction of sp³-hybridized carbons (Fsp3) is 0.212. The number of benzene rings is 4. The minimum absolute atomic E-state index is 0.0506. The van der Waals surface area contributed by atoms with Crippen LogP contribution in [0.2, 0.25) is 0 Å². The molecule has 4 aromatic carbocycles. The fourth-order valence-electron chi connectivity index (χ4n) is 5.86. The smallest absolute Gasteiger partial charge is 0.144 e. The Balaban J connectivity index is 1.57. The zero-order valence-electron chi connectivity index (χ0n) is 21.3. The highest BCUT2D eigenvalue weighted by molar-refractivity contribution is 7.74. The fourth-order valence-corrected chi connectivity index (χ4v) is 11.7. The summed E-state index contributed by atoms with van der Waals surface area (Å²) >= 11 is 0. The van der Waals surface area contributed by atoms with E-state index in [0.717, 1.165) is 0 Å². The molecular weight excluding hydrogens is 490 g/mol. The first-order chi connectivity index (χ1) is 18.1. The van der Waals surface area contributed by atoms with E-state index in [-0.39, 0.29) is 41.1 Å². The highest BCUT2D eigenvalue weighted by atomic mass is 31.1. The summed E-state index contributed by atoms with van der Waals surface area (Å²) in [6.07, 6.45) is 0.0590. The number of ketones is 2. The second-order valence-electron chi connectivity index (χ2n) is 9.72. The summed E-state index contributed by atoms with van der Waals surface area (Å²) in [6.45, 7) is 4.42. The molecule has 1 fully saturated rings. The molecule has 1 aliphatic rings. The molecule has 0 bridgehead atoms. The molecule has 0 aliphatic heterocycles. The Hall–Kier alpha value is -2.92. The van der Waals surface area contributed by atoms with Crippen molar-refractivity contribution in [3.63, 3.8) is 0 Å². The Morgan fingerprint density at radius 2 is 0.730 bits per heavy atom. The Labute approximate surface area is 222 Å². The predicted molar refractivity (Wildman–Crippen MR) is 159 cm³/mol. The van der Waals surface area contributed by atoms with Gasteiger partial charge in [-0.2, -0.15) is 0 Å². The summed E-state index contributed by atoms with van der Waals surface area (Å²) in [5, 5.41) is 5.01. The third-order valence-electron chi connectivity index (χ3n) is 7.47. The predicted octanol–water partition coefficient (Wildman–Crippen LogP) is 5.80. The van der Waals surface area contributed by atoms with E-state index in [2.05, 4.69) is 111 Å². The first-order valence-electron chi connectivity index (χ1n) is 12.9. The van der Waals surface area contributed by atoms with E-state index < -0.39 is 15.8 Å². The number of carbonyl (C=O) groups excluding carboxylic acids is 2. The summed E-state index contributed by atoms with van der Waals surface area (Å²) in [6, 6.07) is 42.2. The van der Waals surface area contributed by atoms with Crippen molar-refractivity contribution in [2.45, 2.75) is 31.6 Å². The lowest BCUT2D eigenvalue weighted by molar-refractivity contribution is -0.122.